The summed E-state index contributed by atoms with van der Waals surface area (Å²) in [6.07, 6.45) is -0.565. The van der Waals surface area contributed by atoms with Crippen LogP contribution in [-0.4, -0.2) is 128 Å². The molecule has 0 unspecified atom stereocenters. The number of amides is 3. The molecule has 0 saturated carbocycles. The van der Waals surface area contributed by atoms with Crippen LogP contribution in [0.5, 0.6) is 0 Å². The standard InChI is InChI=1S/C8H13ClN2O3.C6H12N2O2.C2H2Cl2O.CH3I.CH2O3.HI.2K.Na.H/c1-14-8(13)11-4-2-10(3-5-11)7(12)6-9;1-10-6(9)8-4-2-7-3-5-8;3-1-2(4)5;1-2;2-1-4-3;;;;;/h2-6H2,1H3;7H,2-5H2,1H3;1H2;1H3;1,3H;1H;;;;/q;;;;;;3*+1;-1/p-2. The van der Waals surface area contributed by atoms with E-state index in [1.165, 1.54) is 14.2 Å². The first-order chi connectivity index (χ1) is 16.7. The van der Waals surface area contributed by atoms with E-state index in [4.69, 9.17) is 44.9 Å². The van der Waals surface area contributed by atoms with Gasteiger partial charge >= 0.3 is 145 Å². The van der Waals surface area contributed by atoms with Gasteiger partial charge in [0, 0.05) is 52.4 Å². The van der Waals surface area contributed by atoms with Crippen molar-refractivity contribution in [2.75, 3.05) is 83.3 Å². The number of halogens is 5. The van der Waals surface area contributed by atoms with Crippen LogP contribution in [0.3, 0.4) is 0 Å². The Morgan fingerprint density at radius 2 is 1.18 bits per heavy atom. The van der Waals surface area contributed by atoms with Gasteiger partial charge in [-0.25, -0.2) is 9.59 Å². The quantitative estimate of drug-likeness (QED) is 0.0549. The second-order valence-electron chi connectivity index (χ2n) is 5.86. The summed E-state index contributed by atoms with van der Waals surface area (Å²) in [6, 6.07) is 0. The Kier molecular flexibility index (Phi) is 65.4. The molecule has 216 valence electrons. The SMILES string of the molecule is CI.COC(=O)N1CCN(C(=O)CCl)CC1.COC(=O)N1CCNCC1.O=C(Cl)CCl.O=CO[O-].[H-].[I-].[K+].[K+].[Na+]. The Morgan fingerprint density at radius 3 is 1.44 bits per heavy atom. The molecule has 2 aliphatic rings. The summed E-state index contributed by atoms with van der Waals surface area (Å²) >= 11 is 17.1. The van der Waals surface area contributed by atoms with Gasteiger partial charge in [-0.3, -0.25) is 14.4 Å². The Balaban J connectivity index is -0.0000000584. The number of nitrogens with one attached hydrogen (secondary N) is 1. The molecule has 2 rings (SSSR count). The molecule has 1 N–H and O–H groups in total. The van der Waals surface area contributed by atoms with E-state index in [-0.39, 0.29) is 194 Å². The number of rotatable bonds is 3. The summed E-state index contributed by atoms with van der Waals surface area (Å²) in [6.45, 7) is 5.15. The molecule has 0 atom stereocenters. The van der Waals surface area contributed by atoms with Crippen LogP contribution in [0.15, 0.2) is 0 Å². The smallest absolute Gasteiger partial charge is 1.00 e. The molecule has 0 bridgehead atoms. The molecule has 13 nitrogen and oxygen atoms in total. The first kappa shape index (κ1) is 58.2. The van der Waals surface area contributed by atoms with Gasteiger partial charge in [-0.1, -0.05) is 22.6 Å². The molecule has 39 heavy (non-hydrogen) atoms. The van der Waals surface area contributed by atoms with Gasteiger partial charge in [0.25, 0.3) is 6.47 Å². The van der Waals surface area contributed by atoms with Crippen LogP contribution in [0, 0.1) is 0 Å². The Morgan fingerprint density at radius 1 is 0.872 bits per heavy atom. The normalized spacial score (nSPS) is 12.5. The fourth-order valence-corrected chi connectivity index (χ4v) is 2.50. The number of ether oxygens (including phenoxy) is 2. The van der Waals surface area contributed by atoms with Gasteiger partial charge in [-0.05, 0) is 16.5 Å². The molecule has 3 amide bonds. The van der Waals surface area contributed by atoms with Gasteiger partial charge < -0.3 is 65.0 Å². The predicted molar refractivity (Wildman–Crippen MR) is 138 cm³/mol. The molecular formula is C18H32Cl3I2K2N4NaO9. The summed E-state index contributed by atoms with van der Waals surface area (Å²) in [5, 5.41) is 11.1. The summed E-state index contributed by atoms with van der Waals surface area (Å²) in [4.78, 5) is 60.7. The van der Waals surface area contributed by atoms with Crippen LogP contribution in [0.4, 0.5) is 9.59 Å². The van der Waals surface area contributed by atoms with Gasteiger partial charge in [0.1, 0.15) is 5.88 Å². The van der Waals surface area contributed by atoms with Gasteiger partial charge in [0.15, 0.2) is 0 Å². The van der Waals surface area contributed by atoms with Crippen molar-refractivity contribution in [3.05, 3.63) is 0 Å². The fourth-order valence-electron chi connectivity index (χ4n) is 2.33. The van der Waals surface area contributed by atoms with E-state index in [0.717, 1.165) is 26.2 Å². The van der Waals surface area contributed by atoms with Crippen molar-refractivity contribution in [3.63, 3.8) is 0 Å². The van der Waals surface area contributed by atoms with Crippen molar-refractivity contribution in [3.8, 4) is 0 Å². The maximum Gasteiger partial charge on any atom is 1.00 e. The number of methoxy groups -OCH3 is 2. The molecule has 2 heterocycles. The largest absolute Gasteiger partial charge is 1.00 e. The second-order valence-corrected chi connectivity index (χ2v) is 6.82. The molecule has 0 spiro atoms. The number of hydrogen-bond donors (Lipinski definition) is 1. The van der Waals surface area contributed by atoms with Crippen molar-refractivity contribution >= 4 is 87.2 Å². The molecule has 0 aromatic rings. The summed E-state index contributed by atoms with van der Waals surface area (Å²) < 4.78 is 9.12. The van der Waals surface area contributed by atoms with Crippen molar-refractivity contribution in [1.82, 2.24) is 20.0 Å². The zero-order chi connectivity index (χ0) is 27.6. The van der Waals surface area contributed by atoms with Crippen LogP contribution in [0.2, 0.25) is 0 Å². The monoisotopic (exact) mass is 908 g/mol. The maximum absolute atomic E-state index is 11.2. The predicted octanol–water partition coefficient (Wildman–Crippen LogP) is -11.6. The number of alkyl halides is 3. The zero-order valence-electron chi connectivity index (χ0n) is 24.1. The Bertz CT molecular complexity index is 601. The second kappa shape index (κ2) is 43.8. The van der Waals surface area contributed by atoms with Gasteiger partial charge in [0.2, 0.25) is 11.1 Å². The molecular weight excluding hydrogens is 878 g/mol. The molecule has 2 saturated heterocycles. The molecule has 21 heteroatoms. The average molecular weight is 910 g/mol. The van der Waals surface area contributed by atoms with E-state index in [1.807, 2.05) is 4.93 Å². The third-order valence-electron chi connectivity index (χ3n) is 3.87. The molecule has 0 aromatic heterocycles. The summed E-state index contributed by atoms with van der Waals surface area (Å²) in [7, 11) is 2.75. The van der Waals surface area contributed by atoms with Gasteiger partial charge in [-0.15, -0.1) is 23.2 Å². The van der Waals surface area contributed by atoms with Crippen molar-refractivity contribution in [1.29, 1.82) is 0 Å². The summed E-state index contributed by atoms with van der Waals surface area (Å²) in [5.74, 6) is -0.184. The topological polar surface area (TPSA) is 158 Å². The van der Waals surface area contributed by atoms with E-state index in [9.17, 15) is 19.2 Å². The first-order valence-corrected chi connectivity index (χ1v) is 13.4. The first-order valence-electron chi connectivity index (χ1n) is 9.76. The van der Waals surface area contributed by atoms with Crippen molar-refractivity contribution in [2.24, 2.45) is 0 Å². The molecule has 0 aliphatic carbocycles. The van der Waals surface area contributed by atoms with Crippen LogP contribution in [-0.2, 0) is 28.7 Å². The van der Waals surface area contributed by atoms with Crippen LogP contribution in [0.25, 0.3) is 0 Å². The number of nitrogens with zero attached hydrogens (tertiary/aromatic N) is 3. The van der Waals surface area contributed by atoms with Crippen molar-refractivity contribution in [2.45, 2.75) is 0 Å². The van der Waals surface area contributed by atoms with Crippen LogP contribution < -0.4 is 167 Å². The molecule has 0 radical (unpaired) electrons. The van der Waals surface area contributed by atoms with E-state index in [2.05, 4.69) is 42.3 Å². The third kappa shape index (κ3) is 36.0. The van der Waals surface area contributed by atoms with E-state index < -0.39 is 5.24 Å². The molecule has 0 aromatic carbocycles. The molecule has 2 aliphatic heterocycles. The number of hydrogen-bond acceptors (Lipinski definition) is 10. The Hall–Kier alpha value is 3.67. The average Bonchev–Trinajstić information content (AvgIpc) is 2.94. The zero-order valence-corrected chi connectivity index (χ0v) is 37.9. The van der Waals surface area contributed by atoms with Crippen LogP contribution >= 0.6 is 57.4 Å². The number of carbonyl (C=O) groups is 5. The minimum Gasteiger partial charge on any atom is -1.00 e. The Labute approximate surface area is 384 Å². The maximum atomic E-state index is 11.2. The van der Waals surface area contributed by atoms with Crippen LogP contribution in [0.1, 0.15) is 1.43 Å². The molecule has 2 fully saturated rings. The fraction of sp³-hybridized carbons (Fsp3) is 0.722. The van der Waals surface area contributed by atoms with E-state index in [0.29, 0.717) is 26.2 Å². The third-order valence-corrected chi connectivity index (χ3v) is 4.62. The summed E-state index contributed by atoms with van der Waals surface area (Å²) in [5.41, 5.74) is 0. The van der Waals surface area contributed by atoms with E-state index in [1.54, 1.807) is 14.7 Å². The van der Waals surface area contributed by atoms with E-state index >= 15 is 0 Å². The van der Waals surface area contributed by atoms with Gasteiger partial charge in [0.05, 0.1) is 20.1 Å². The van der Waals surface area contributed by atoms with Crippen molar-refractivity contribution < 1.29 is 201 Å². The minimum absolute atomic E-state index is 0. The number of piperazine rings is 2. The van der Waals surface area contributed by atoms with Gasteiger partial charge in [-0.2, -0.15) is 0 Å². The minimum atomic E-state index is -0.508. The number of carbonyl (C=O) groups excluding carboxylic acids is 5.